The lowest BCUT2D eigenvalue weighted by atomic mass is 9.90. The normalized spacial score (nSPS) is 28.5. The monoisotopic (exact) mass is 328 g/mol. The first-order valence-corrected chi connectivity index (χ1v) is 8.88. The second kappa shape index (κ2) is 6.46. The summed E-state index contributed by atoms with van der Waals surface area (Å²) >= 11 is 0. The van der Waals surface area contributed by atoms with E-state index in [2.05, 4.69) is 10.1 Å². The molecule has 2 fully saturated rings. The molecule has 4 rings (SSSR count). The molecule has 1 aromatic rings. The summed E-state index contributed by atoms with van der Waals surface area (Å²) in [5.74, 6) is 1.68. The van der Waals surface area contributed by atoms with Gasteiger partial charge in [-0.3, -0.25) is 4.79 Å². The predicted octanol–water partition coefficient (Wildman–Crippen LogP) is 2.78. The number of fused-ring (bicyclic) bond motifs is 2. The van der Waals surface area contributed by atoms with Crippen molar-refractivity contribution in [3.63, 3.8) is 0 Å². The van der Waals surface area contributed by atoms with Crippen LogP contribution in [-0.4, -0.2) is 42.3 Å². The SMILES string of the molecule is COc1ccc(CC2=NO[C@H](C(=O)N3C[C@H]4CCC[C@@H]3C4)C2)cc1. The van der Waals surface area contributed by atoms with Gasteiger partial charge < -0.3 is 14.5 Å². The third kappa shape index (κ3) is 2.99. The molecule has 2 aliphatic heterocycles. The van der Waals surface area contributed by atoms with Crippen LogP contribution in [0.15, 0.2) is 29.4 Å². The van der Waals surface area contributed by atoms with Gasteiger partial charge in [0.25, 0.3) is 5.91 Å². The number of nitrogens with zero attached hydrogens (tertiary/aromatic N) is 2. The number of carbonyl (C=O) groups is 1. The van der Waals surface area contributed by atoms with Crippen LogP contribution in [0.5, 0.6) is 5.75 Å². The van der Waals surface area contributed by atoms with Gasteiger partial charge in [-0.05, 0) is 42.9 Å². The Morgan fingerprint density at radius 2 is 2.17 bits per heavy atom. The molecule has 1 saturated heterocycles. The number of carbonyl (C=O) groups excluding carboxylic acids is 1. The zero-order valence-corrected chi connectivity index (χ0v) is 14.1. The van der Waals surface area contributed by atoms with E-state index in [1.54, 1.807) is 7.11 Å². The number of oxime groups is 1. The van der Waals surface area contributed by atoms with E-state index in [1.807, 2.05) is 24.3 Å². The lowest BCUT2D eigenvalue weighted by Gasteiger charge is -2.26. The van der Waals surface area contributed by atoms with Crippen LogP contribution in [0.25, 0.3) is 0 Å². The number of ether oxygens (including phenoxy) is 1. The molecule has 1 saturated carbocycles. The van der Waals surface area contributed by atoms with Gasteiger partial charge in [0.15, 0.2) is 0 Å². The number of likely N-dealkylation sites (tertiary alicyclic amines) is 1. The third-order valence-electron chi connectivity index (χ3n) is 5.51. The molecule has 5 heteroatoms. The second-order valence-corrected chi connectivity index (χ2v) is 7.16. The van der Waals surface area contributed by atoms with Crippen LogP contribution in [-0.2, 0) is 16.1 Å². The van der Waals surface area contributed by atoms with E-state index in [-0.39, 0.29) is 5.91 Å². The molecule has 2 bridgehead atoms. The first-order chi connectivity index (χ1) is 11.7. The van der Waals surface area contributed by atoms with Gasteiger partial charge in [-0.2, -0.15) is 0 Å². The van der Waals surface area contributed by atoms with E-state index in [1.165, 1.54) is 19.3 Å². The van der Waals surface area contributed by atoms with Crippen LogP contribution < -0.4 is 4.74 Å². The van der Waals surface area contributed by atoms with E-state index >= 15 is 0 Å². The van der Waals surface area contributed by atoms with Gasteiger partial charge in [0.1, 0.15) is 5.75 Å². The summed E-state index contributed by atoms with van der Waals surface area (Å²) in [4.78, 5) is 20.3. The molecule has 0 spiro atoms. The van der Waals surface area contributed by atoms with Crippen molar-refractivity contribution in [2.75, 3.05) is 13.7 Å². The van der Waals surface area contributed by atoms with Gasteiger partial charge in [0.05, 0.1) is 12.8 Å². The zero-order valence-electron chi connectivity index (χ0n) is 14.1. The van der Waals surface area contributed by atoms with Crippen molar-refractivity contribution in [1.82, 2.24) is 4.90 Å². The first kappa shape index (κ1) is 15.5. The average Bonchev–Trinajstić information content (AvgIpc) is 3.19. The smallest absolute Gasteiger partial charge is 0.267 e. The average molecular weight is 328 g/mol. The quantitative estimate of drug-likeness (QED) is 0.854. The maximum Gasteiger partial charge on any atom is 0.267 e. The van der Waals surface area contributed by atoms with Gasteiger partial charge >= 0.3 is 0 Å². The molecule has 3 atom stereocenters. The minimum Gasteiger partial charge on any atom is -0.497 e. The highest BCUT2D eigenvalue weighted by molar-refractivity contribution is 5.94. The summed E-state index contributed by atoms with van der Waals surface area (Å²) in [6.45, 7) is 0.914. The van der Waals surface area contributed by atoms with Crippen molar-refractivity contribution in [2.24, 2.45) is 11.1 Å². The Hall–Kier alpha value is -2.04. The fourth-order valence-corrected chi connectivity index (χ4v) is 4.24. The van der Waals surface area contributed by atoms with Crippen molar-refractivity contribution in [2.45, 2.75) is 50.7 Å². The number of benzene rings is 1. The van der Waals surface area contributed by atoms with E-state index in [0.717, 1.165) is 36.4 Å². The molecule has 128 valence electrons. The van der Waals surface area contributed by atoms with E-state index in [0.29, 0.717) is 18.4 Å². The van der Waals surface area contributed by atoms with Crippen LogP contribution in [0.2, 0.25) is 0 Å². The van der Waals surface area contributed by atoms with Gasteiger partial charge in [0.2, 0.25) is 6.10 Å². The van der Waals surface area contributed by atoms with Gasteiger partial charge in [-0.15, -0.1) is 0 Å². The summed E-state index contributed by atoms with van der Waals surface area (Å²) in [7, 11) is 1.66. The van der Waals surface area contributed by atoms with Crippen molar-refractivity contribution in [1.29, 1.82) is 0 Å². The molecule has 0 unspecified atom stereocenters. The minimum absolute atomic E-state index is 0.137. The Labute approximate surface area is 142 Å². The molecule has 0 N–H and O–H groups in total. The van der Waals surface area contributed by atoms with Crippen LogP contribution in [0, 0.1) is 5.92 Å². The topological polar surface area (TPSA) is 51.1 Å². The van der Waals surface area contributed by atoms with Crippen molar-refractivity contribution >= 4 is 11.6 Å². The Kier molecular flexibility index (Phi) is 4.17. The molecule has 1 aliphatic carbocycles. The molecule has 0 aromatic heterocycles. The molecule has 0 radical (unpaired) electrons. The van der Waals surface area contributed by atoms with Crippen LogP contribution >= 0.6 is 0 Å². The second-order valence-electron chi connectivity index (χ2n) is 7.16. The molecule has 3 aliphatic rings. The van der Waals surface area contributed by atoms with E-state index in [4.69, 9.17) is 9.57 Å². The minimum atomic E-state index is -0.419. The highest BCUT2D eigenvalue weighted by Gasteiger charge is 2.42. The summed E-state index contributed by atoms with van der Waals surface area (Å²) in [5, 5.41) is 4.17. The molecular formula is C19H24N2O3. The predicted molar refractivity (Wildman–Crippen MR) is 91.1 cm³/mol. The molecule has 1 amide bonds. The lowest BCUT2D eigenvalue weighted by Crippen LogP contribution is -2.42. The third-order valence-corrected chi connectivity index (χ3v) is 5.51. The van der Waals surface area contributed by atoms with Crippen molar-refractivity contribution in [3.05, 3.63) is 29.8 Å². The number of hydrogen-bond acceptors (Lipinski definition) is 4. The highest BCUT2D eigenvalue weighted by atomic mass is 16.6. The van der Waals surface area contributed by atoms with E-state index < -0.39 is 6.10 Å². The highest BCUT2D eigenvalue weighted by Crippen LogP contribution is 2.36. The lowest BCUT2D eigenvalue weighted by molar-refractivity contribution is -0.143. The Bertz CT molecular complexity index is 641. The fraction of sp³-hybridized carbons (Fsp3) is 0.579. The summed E-state index contributed by atoms with van der Waals surface area (Å²) < 4.78 is 5.17. The van der Waals surface area contributed by atoms with Crippen LogP contribution in [0.3, 0.4) is 0 Å². The standard InChI is InChI=1S/C19H24N2O3/c1-23-17-7-5-13(6-8-17)9-15-11-18(24-20-15)19(22)21-12-14-3-2-4-16(21)10-14/h5-8,14,16,18H,2-4,9-12H2,1H3/t14-,16+,18-/m0/s1. The van der Waals surface area contributed by atoms with Gasteiger partial charge in [0, 0.05) is 25.4 Å². The fourth-order valence-electron chi connectivity index (χ4n) is 4.24. The molecule has 5 nitrogen and oxygen atoms in total. The number of hydrogen-bond donors (Lipinski definition) is 0. The largest absolute Gasteiger partial charge is 0.497 e. The first-order valence-electron chi connectivity index (χ1n) is 8.88. The summed E-state index contributed by atoms with van der Waals surface area (Å²) in [6, 6.07) is 8.38. The Balaban J connectivity index is 1.34. The molecule has 2 heterocycles. The maximum atomic E-state index is 12.8. The number of amides is 1. The van der Waals surface area contributed by atoms with Crippen molar-refractivity contribution in [3.8, 4) is 5.75 Å². The van der Waals surface area contributed by atoms with Crippen molar-refractivity contribution < 1.29 is 14.4 Å². The molecule has 1 aromatic carbocycles. The maximum absolute atomic E-state index is 12.8. The van der Waals surface area contributed by atoms with Gasteiger partial charge in [-0.1, -0.05) is 23.7 Å². The van der Waals surface area contributed by atoms with Crippen LogP contribution in [0.1, 0.15) is 37.7 Å². The Morgan fingerprint density at radius 1 is 1.33 bits per heavy atom. The zero-order chi connectivity index (χ0) is 16.5. The number of methoxy groups -OCH3 is 1. The summed E-state index contributed by atoms with van der Waals surface area (Å²) in [5.41, 5.74) is 2.10. The molecule has 24 heavy (non-hydrogen) atoms. The molecular weight excluding hydrogens is 304 g/mol. The van der Waals surface area contributed by atoms with Crippen LogP contribution in [0.4, 0.5) is 0 Å². The van der Waals surface area contributed by atoms with E-state index in [9.17, 15) is 4.79 Å². The summed E-state index contributed by atoms with van der Waals surface area (Å²) in [6.07, 6.45) is 5.76. The Morgan fingerprint density at radius 3 is 2.92 bits per heavy atom. The number of rotatable bonds is 4. The van der Waals surface area contributed by atoms with Gasteiger partial charge in [-0.25, -0.2) is 0 Å².